The quantitative estimate of drug-likeness (QED) is 0.720. The van der Waals surface area contributed by atoms with E-state index in [4.69, 9.17) is 0 Å². The van der Waals surface area contributed by atoms with Crippen LogP contribution in [0.5, 0.6) is 0 Å². The molecule has 84 valence electrons. The van der Waals surface area contributed by atoms with Crippen LogP contribution in [-0.4, -0.2) is 30.7 Å². The lowest BCUT2D eigenvalue weighted by Crippen LogP contribution is -2.22. The Kier molecular flexibility index (Phi) is 2.77. The second-order valence-electron chi connectivity index (χ2n) is 4.35. The van der Waals surface area contributed by atoms with E-state index in [1.165, 1.54) is 0 Å². The number of Topliss-reactive ketones (excluding diaryl/α,β-unsaturated/α-hetero) is 1. The number of rotatable bonds is 1. The van der Waals surface area contributed by atoms with E-state index in [0.717, 1.165) is 24.0 Å². The standard InChI is InChI=1S/C13H15NO2/c1-14(2)13(16)10-6-7-11-9(8-10)4-3-5-12(11)15/h6-8H,3-5H2,1-2H3. The molecular weight excluding hydrogens is 202 g/mol. The van der Waals surface area contributed by atoms with Crippen LogP contribution in [0.4, 0.5) is 0 Å². The largest absolute Gasteiger partial charge is 0.345 e. The van der Waals surface area contributed by atoms with Crippen LogP contribution in [-0.2, 0) is 6.42 Å². The van der Waals surface area contributed by atoms with Crippen LogP contribution >= 0.6 is 0 Å². The number of carbonyl (C=O) groups is 2. The molecule has 0 spiro atoms. The minimum Gasteiger partial charge on any atom is -0.345 e. The van der Waals surface area contributed by atoms with Gasteiger partial charge in [0.2, 0.25) is 0 Å². The summed E-state index contributed by atoms with van der Waals surface area (Å²) in [6, 6.07) is 5.38. The molecule has 0 radical (unpaired) electrons. The summed E-state index contributed by atoms with van der Waals surface area (Å²) in [5.41, 5.74) is 2.48. The minimum atomic E-state index is -0.0131. The maximum Gasteiger partial charge on any atom is 0.253 e. The van der Waals surface area contributed by atoms with E-state index in [2.05, 4.69) is 0 Å². The summed E-state index contributed by atoms with van der Waals surface area (Å²) in [4.78, 5) is 24.9. The maximum atomic E-state index is 11.8. The van der Waals surface area contributed by atoms with Gasteiger partial charge >= 0.3 is 0 Å². The molecule has 0 N–H and O–H groups in total. The highest BCUT2D eigenvalue weighted by atomic mass is 16.2. The highest BCUT2D eigenvalue weighted by Gasteiger charge is 2.18. The molecule has 3 heteroatoms. The number of carbonyl (C=O) groups excluding carboxylic acids is 2. The van der Waals surface area contributed by atoms with Crippen LogP contribution in [0.15, 0.2) is 18.2 Å². The van der Waals surface area contributed by atoms with Crippen molar-refractivity contribution >= 4 is 11.7 Å². The summed E-state index contributed by atoms with van der Waals surface area (Å²) < 4.78 is 0. The van der Waals surface area contributed by atoms with Crippen LogP contribution in [0.3, 0.4) is 0 Å². The van der Waals surface area contributed by atoms with Gasteiger partial charge in [0.05, 0.1) is 0 Å². The number of hydrogen-bond donors (Lipinski definition) is 0. The van der Waals surface area contributed by atoms with E-state index in [0.29, 0.717) is 12.0 Å². The van der Waals surface area contributed by atoms with Gasteiger partial charge in [-0.25, -0.2) is 0 Å². The molecule has 0 aliphatic heterocycles. The first-order valence-corrected chi connectivity index (χ1v) is 5.47. The van der Waals surface area contributed by atoms with Crippen LogP contribution in [0.1, 0.15) is 39.1 Å². The fourth-order valence-corrected chi connectivity index (χ4v) is 2.04. The molecule has 16 heavy (non-hydrogen) atoms. The summed E-state index contributed by atoms with van der Waals surface area (Å²) in [6.07, 6.45) is 2.43. The lowest BCUT2D eigenvalue weighted by molar-refractivity contribution is 0.0826. The normalized spacial score (nSPS) is 14.5. The van der Waals surface area contributed by atoms with Gasteiger partial charge in [0.15, 0.2) is 5.78 Å². The lowest BCUT2D eigenvalue weighted by Gasteiger charge is -2.16. The Morgan fingerprint density at radius 3 is 2.69 bits per heavy atom. The van der Waals surface area contributed by atoms with Crippen LogP contribution in [0.2, 0.25) is 0 Å². The molecule has 0 aromatic heterocycles. The third kappa shape index (κ3) is 1.85. The molecule has 1 aromatic carbocycles. The van der Waals surface area contributed by atoms with Crippen LogP contribution in [0.25, 0.3) is 0 Å². The smallest absolute Gasteiger partial charge is 0.253 e. The zero-order chi connectivity index (χ0) is 11.7. The van der Waals surface area contributed by atoms with Gasteiger partial charge < -0.3 is 4.90 Å². The highest BCUT2D eigenvalue weighted by molar-refractivity contribution is 6.00. The van der Waals surface area contributed by atoms with Gasteiger partial charge in [-0.05, 0) is 30.5 Å². The van der Waals surface area contributed by atoms with Gasteiger partial charge in [-0.15, -0.1) is 0 Å². The van der Waals surface area contributed by atoms with Crippen LogP contribution in [0, 0.1) is 0 Å². The Morgan fingerprint density at radius 2 is 2.00 bits per heavy atom. The van der Waals surface area contributed by atoms with Gasteiger partial charge in [0, 0.05) is 31.6 Å². The van der Waals surface area contributed by atoms with E-state index in [9.17, 15) is 9.59 Å². The van der Waals surface area contributed by atoms with E-state index in [1.807, 2.05) is 6.07 Å². The number of ketones is 1. The summed E-state index contributed by atoms with van der Waals surface area (Å²) in [5, 5.41) is 0. The Morgan fingerprint density at radius 1 is 1.25 bits per heavy atom. The molecule has 0 saturated heterocycles. The Bertz CT molecular complexity index is 449. The summed E-state index contributed by atoms with van der Waals surface area (Å²) in [7, 11) is 3.46. The van der Waals surface area contributed by atoms with Crippen molar-refractivity contribution < 1.29 is 9.59 Å². The van der Waals surface area contributed by atoms with Crippen molar-refractivity contribution in [3.05, 3.63) is 34.9 Å². The first-order valence-electron chi connectivity index (χ1n) is 5.47. The molecule has 1 aliphatic rings. The average Bonchev–Trinajstić information content (AvgIpc) is 2.28. The number of fused-ring (bicyclic) bond motifs is 1. The van der Waals surface area contributed by atoms with Gasteiger partial charge in [-0.1, -0.05) is 6.07 Å². The Hall–Kier alpha value is -1.64. The van der Waals surface area contributed by atoms with Crippen LogP contribution < -0.4 is 0 Å². The summed E-state index contributed by atoms with van der Waals surface area (Å²) in [6.45, 7) is 0. The van der Waals surface area contributed by atoms with E-state index in [1.54, 1.807) is 31.1 Å². The number of amides is 1. The maximum absolute atomic E-state index is 11.8. The third-order valence-electron chi connectivity index (χ3n) is 2.91. The SMILES string of the molecule is CN(C)C(=O)c1ccc2c(c1)CCCC2=O. The molecule has 3 nitrogen and oxygen atoms in total. The van der Waals surface area contributed by atoms with Gasteiger partial charge in [0.1, 0.15) is 0 Å². The second-order valence-corrected chi connectivity index (χ2v) is 4.35. The zero-order valence-electron chi connectivity index (χ0n) is 9.62. The fourth-order valence-electron chi connectivity index (χ4n) is 2.04. The molecule has 0 fully saturated rings. The van der Waals surface area contributed by atoms with Crippen molar-refractivity contribution in [1.29, 1.82) is 0 Å². The highest BCUT2D eigenvalue weighted by Crippen LogP contribution is 2.22. The van der Waals surface area contributed by atoms with Gasteiger partial charge in [-0.3, -0.25) is 9.59 Å². The molecule has 2 rings (SSSR count). The zero-order valence-corrected chi connectivity index (χ0v) is 9.62. The molecule has 0 atom stereocenters. The number of benzene rings is 1. The van der Waals surface area contributed by atoms with E-state index >= 15 is 0 Å². The van der Waals surface area contributed by atoms with Gasteiger partial charge in [-0.2, -0.15) is 0 Å². The Labute approximate surface area is 95.1 Å². The van der Waals surface area contributed by atoms with Crippen molar-refractivity contribution in [2.24, 2.45) is 0 Å². The molecule has 1 amide bonds. The van der Waals surface area contributed by atoms with Crippen molar-refractivity contribution in [1.82, 2.24) is 4.90 Å². The van der Waals surface area contributed by atoms with Gasteiger partial charge in [0.25, 0.3) is 5.91 Å². The summed E-state index contributed by atoms with van der Waals surface area (Å²) >= 11 is 0. The summed E-state index contributed by atoms with van der Waals surface area (Å²) in [5.74, 6) is 0.186. The minimum absolute atomic E-state index is 0.0131. The predicted octanol–water partition coefficient (Wildman–Crippen LogP) is 1.91. The van der Waals surface area contributed by atoms with Crippen molar-refractivity contribution in [2.75, 3.05) is 14.1 Å². The number of aryl methyl sites for hydroxylation is 1. The number of hydrogen-bond acceptors (Lipinski definition) is 2. The van der Waals surface area contributed by atoms with E-state index < -0.39 is 0 Å². The number of nitrogens with zero attached hydrogens (tertiary/aromatic N) is 1. The molecule has 0 heterocycles. The monoisotopic (exact) mass is 217 g/mol. The topological polar surface area (TPSA) is 37.4 Å². The third-order valence-corrected chi connectivity index (χ3v) is 2.91. The predicted molar refractivity (Wildman–Crippen MR) is 61.7 cm³/mol. The Balaban J connectivity index is 2.39. The molecule has 0 saturated carbocycles. The van der Waals surface area contributed by atoms with Crippen molar-refractivity contribution in [3.63, 3.8) is 0 Å². The molecule has 1 aliphatic carbocycles. The second kappa shape index (κ2) is 4.08. The molecule has 1 aromatic rings. The fraction of sp³-hybridized carbons (Fsp3) is 0.385. The molecule has 0 bridgehead atoms. The van der Waals surface area contributed by atoms with Crippen molar-refractivity contribution in [2.45, 2.75) is 19.3 Å². The van der Waals surface area contributed by atoms with E-state index in [-0.39, 0.29) is 11.7 Å². The van der Waals surface area contributed by atoms with Crippen molar-refractivity contribution in [3.8, 4) is 0 Å². The molecular formula is C13H15NO2. The first-order chi connectivity index (χ1) is 7.59. The average molecular weight is 217 g/mol. The first kappa shape index (κ1) is 10.9. The molecule has 0 unspecified atom stereocenters. The lowest BCUT2D eigenvalue weighted by atomic mass is 9.89.